The van der Waals surface area contributed by atoms with Gasteiger partial charge in [0, 0.05) is 14.1 Å². The van der Waals surface area contributed by atoms with E-state index in [0.717, 1.165) is 14.1 Å². The van der Waals surface area contributed by atoms with Gasteiger partial charge in [-0.05, 0) is 6.42 Å². The number of nitrogens with one attached hydrogen (secondary N) is 1. The molecular formula is C9H14F2N2O3. The number of rotatable bonds is 6. The molecule has 0 heterocycles. The van der Waals surface area contributed by atoms with Gasteiger partial charge in [0.25, 0.3) is 0 Å². The molecule has 0 aromatic heterocycles. The van der Waals surface area contributed by atoms with Crippen LogP contribution in [0.25, 0.3) is 0 Å². The summed E-state index contributed by atoms with van der Waals surface area (Å²) in [7, 11) is 2.25. The lowest BCUT2D eigenvalue weighted by molar-refractivity contribution is -0.165. The number of hydrogen-bond donors (Lipinski definition) is 1. The molecule has 0 saturated heterocycles. The molecule has 0 saturated carbocycles. The first kappa shape index (κ1) is 14.5. The Morgan fingerprint density at radius 1 is 1.44 bits per heavy atom. The number of carbonyl (C=O) groups excluding carboxylic acids is 3. The number of amides is 2. The lowest BCUT2D eigenvalue weighted by atomic mass is 10.0. The lowest BCUT2D eigenvalue weighted by Gasteiger charge is -2.22. The second-order valence-corrected chi connectivity index (χ2v) is 3.38. The van der Waals surface area contributed by atoms with Crippen LogP contribution in [0.5, 0.6) is 0 Å². The van der Waals surface area contributed by atoms with Gasteiger partial charge in [0.1, 0.15) is 0 Å². The molecule has 0 radical (unpaired) electrons. The molecule has 0 aromatic carbocycles. The van der Waals surface area contributed by atoms with Crippen molar-refractivity contribution in [2.45, 2.75) is 25.3 Å². The van der Waals surface area contributed by atoms with Crippen LogP contribution in [0.4, 0.5) is 8.78 Å². The van der Waals surface area contributed by atoms with Crippen molar-refractivity contribution in [1.82, 2.24) is 10.2 Å². The molecule has 7 heteroatoms. The van der Waals surface area contributed by atoms with Crippen molar-refractivity contribution in [3.8, 4) is 0 Å². The molecule has 0 aliphatic rings. The molecule has 2 amide bonds. The third kappa shape index (κ3) is 2.98. The molecule has 0 rings (SSSR count). The maximum Gasteiger partial charge on any atom is 0.383 e. The fourth-order valence-electron chi connectivity index (χ4n) is 1.07. The highest BCUT2D eigenvalue weighted by Crippen LogP contribution is 2.20. The highest BCUT2D eigenvalue weighted by atomic mass is 19.3. The van der Waals surface area contributed by atoms with Crippen LogP contribution >= 0.6 is 0 Å². The number of ketones is 1. The maximum absolute atomic E-state index is 13.3. The van der Waals surface area contributed by atoms with Gasteiger partial charge in [0.2, 0.25) is 12.2 Å². The second kappa shape index (κ2) is 5.53. The average Bonchev–Trinajstić information content (AvgIpc) is 2.23. The maximum atomic E-state index is 13.3. The van der Waals surface area contributed by atoms with Crippen LogP contribution in [-0.2, 0) is 14.4 Å². The number of nitrogens with zero attached hydrogens (tertiary/aromatic N) is 1. The van der Waals surface area contributed by atoms with Crippen molar-refractivity contribution >= 4 is 18.1 Å². The summed E-state index contributed by atoms with van der Waals surface area (Å²) in [6.45, 7) is 1.45. The van der Waals surface area contributed by atoms with E-state index < -0.39 is 23.7 Å². The van der Waals surface area contributed by atoms with E-state index in [-0.39, 0.29) is 12.8 Å². The molecule has 5 nitrogen and oxygen atoms in total. The summed E-state index contributed by atoms with van der Waals surface area (Å²) in [5.41, 5.74) is 0. The standard InChI is InChI=1S/C9H14F2N2O3/c1-4-6(12-5-14)7(15)9(10,11)8(16)13(2)3/h5-6H,4H2,1-3H3,(H,12,14)/t6-/m0/s1. The summed E-state index contributed by atoms with van der Waals surface area (Å²) < 4.78 is 26.7. The van der Waals surface area contributed by atoms with Gasteiger partial charge in [-0.15, -0.1) is 0 Å². The number of alkyl halides is 2. The highest BCUT2D eigenvalue weighted by molar-refractivity contribution is 6.09. The molecule has 0 fully saturated rings. The predicted octanol–water partition coefficient (Wildman–Crippen LogP) is -0.196. The average molecular weight is 236 g/mol. The summed E-state index contributed by atoms with van der Waals surface area (Å²) >= 11 is 0. The molecule has 0 aliphatic carbocycles. The van der Waals surface area contributed by atoms with Gasteiger partial charge in [-0.2, -0.15) is 8.78 Å². The zero-order valence-electron chi connectivity index (χ0n) is 9.29. The van der Waals surface area contributed by atoms with E-state index in [9.17, 15) is 23.2 Å². The smallest absolute Gasteiger partial charge is 0.349 e. The van der Waals surface area contributed by atoms with Crippen LogP contribution < -0.4 is 5.32 Å². The molecule has 16 heavy (non-hydrogen) atoms. The zero-order chi connectivity index (χ0) is 12.9. The monoisotopic (exact) mass is 236 g/mol. The van der Waals surface area contributed by atoms with E-state index in [1.54, 1.807) is 0 Å². The van der Waals surface area contributed by atoms with E-state index in [1.165, 1.54) is 6.92 Å². The summed E-state index contributed by atoms with van der Waals surface area (Å²) in [6, 6.07) is -1.35. The normalized spacial score (nSPS) is 12.8. The summed E-state index contributed by atoms with van der Waals surface area (Å²) in [5.74, 6) is -7.30. The quantitative estimate of drug-likeness (QED) is 0.513. The van der Waals surface area contributed by atoms with Gasteiger partial charge in [-0.1, -0.05) is 6.92 Å². The van der Waals surface area contributed by atoms with Gasteiger partial charge in [-0.25, -0.2) is 0 Å². The minimum atomic E-state index is -4.11. The highest BCUT2D eigenvalue weighted by Gasteiger charge is 2.50. The first-order chi connectivity index (χ1) is 7.28. The third-order valence-electron chi connectivity index (χ3n) is 1.98. The summed E-state index contributed by atoms with van der Waals surface area (Å²) in [4.78, 5) is 33.1. The van der Waals surface area contributed by atoms with Crippen molar-refractivity contribution in [3.05, 3.63) is 0 Å². The Hall–Kier alpha value is -1.53. The molecule has 0 aromatic rings. The minimum Gasteiger partial charge on any atom is -0.349 e. The van der Waals surface area contributed by atoms with Gasteiger partial charge in [0.15, 0.2) is 0 Å². The SMILES string of the molecule is CC[C@H](NC=O)C(=O)C(F)(F)C(=O)N(C)C. The predicted molar refractivity (Wildman–Crippen MR) is 51.9 cm³/mol. The Morgan fingerprint density at radius 2 is 1.94 bits per heavy atom. The lowest BCUT2D eigenvalue weighted by Crippen LogP contribution is -2.52. The van der Waals surface area contributed by atoms with Crippen molar-refractivity contribution < 1.29 is 23.2 Å². The largest absolute Gasteiger partial charge is 0.383 e. The summed E-state index contributed by atoms with van der Waals surface area (Å²) in [5, 5.41) is 1.95. The van der Waals surface area contributed by atoms with Crippen molar-refractivity contribution in [3.63, 3.8) is 0 Å². The Bertz CT molecular complexity index is 292. The van der Waals surface area contributed by atoms with Crippen LogP contribution in [-0.4, -0.2) is 49.1 Å². The second-order valence-electron chi connectivity index (χ2n) is 3.38. The molecule has 92 valence electrons. The van der Waals surface area contributed by atoms with Gasteiger partial charge >= 0.3 is 11.8 Å². The van der Waals surface area contributed by atoms with Crippen LogP contribution in [0, 0.1) is 0 Å². The topological polar surface area (TPSA) is 66.5 Å². The van der Waals surface area contributed by atoms with E-state index >= 15 is 0 Å². The van der Waals surface area contributed by atoms with Crippen molar-refractivity contribution in [1.29, 1.82) is 0 Å². The number of Topliss-reactive ketones (excluding diaryl/α,β-unsaturated/α-hetero) is 1. The minimum absolute atomic E-state index is 0.00608. The molecular weight excluding hydrogens is 222 g/mol. The summed E-state index contributed by atoms with van der Waals surface area (Å²) in [6.07, 6.45) is 0.149. The number of hydrogen-bond acceptors (Lipinski definition) is 3. The number of halogens is 2. The van der Waals surface area contributed by atoms with Crippen molar-refractivity contribution in [2.24, 2.45) is 0 Å². The first-order valence-corrected chi connectivity index (χ1v) is 4.62. The molecule has 0 unspecified atom stereocenters. The molecule has 1 N–H and O–H groups in total. The molecule has 0 bridgehead atoms. The van der Waals surface area contributed by atoms with E-state index in [1.807, 2.05) is 5.32 Å². The van der Waals surface area contributed by atoms with Crippen LogP contribution in [0.3, 0.4) is 0 Å². The Kier molecular flexibility index (Phi) is 5.00. The molecule has 1 atom stereocenters. The first-order valence-electron chi connectivity index (χ1n) is 4.62. The van der Waals surface area contributed by atoms with E-state index in [0.29, 0.717) is 4.90 Å². The third-order valence-corrected chi connectivity index (χ3v) is 1.98. The molecule has 0 aliphatic heterocycles. The Labute approximate surface area is 91.8 Å². The molecule has 0 spiro atoms. The van der Waals surface area contributed by atoms with E-state index in [4.69, 9.17) is 0 Å². The van der Waals surface area contributed by atoms with Crippen LogP contribution in [0.15, 0.2) is 0 Å². The Morgan fingerprint density at radius 3 is 2.25 bits per heavy atom. The van der Waals surface area contributed by atoms with Crippen LogP contribution in [0.1, 0.15) is 13.3 Å². The zero-order valence-corrected chi connectivity index (χ0v) is 9.29. The van der Waals surface area contributed by atoms with E-state index in [2.05, 4.69) is 0 Å². The fourth-order valence-corrected chi connectivity index (χ4v) is 1.07. The van der Waals surface area contributed by atoms with Gasteiger partial charge < -0.3 is 10.2 Å². The van der Waals surface area contributed by atoms with Gasteiger partial charge in [0.05, 0.1) is 6.04 Å². The van der Waals surface area contributed by atoms with Crippen LogP contribution in [0.2, 0.25) is 0 Å². The Balaban J connectivity index is 4.92. The van der Waals surface area contributed by atoms with Crippen molar-refractivity contribution in [2.75, 3.05) is 14.1 Å². The number of carbonyl (C=O) groups is 3. The fraction of sp³-hybridized carbons (Fsp3) is 0.667. The van der Waals surface area contributed by atoms with Gasteiger partial charge in [-0.3, -0.25) is 14.4 Å².